The van der Waals surface area contributed by atoms with Crippen LogP contribution in [0.1, 0.15) is 26.7 Å². The highest BCUT2D eigenvalue weighted by atomic mass is 32.2. The molecule has 10 heteroatoms. The fraction of sp³-hybridized carbons (Fsp3) is 0.600. The van der Waals surface area contributed by atoms with Crippen LogP contribution in [0.4, 0.5) is 0 Å². The summed E-state index contributed by atoms with van der Waals surface area (Å²) < 4.78 is 75.4. The molecule has 1 fully saturated rings. The SMILES string of the molecule is CC(C)CCNS(=O)(=O)c1cccc(S(=O)(=O)[C@H]2CCS(=O)(=O)C2)c1. The van der Waals surface area contributed by atoms with E-state index >= 15 is 0 Å². The lowest BCUT2D eigenvalue weighted by atomic mass is 10.1. The summed E-state index contributed by atoms with van der Waals surface area (Å²) in [6, 6.07) is 5.07. The Kier molecular flexibility index (Phi) is 5.97. The Morgan fingerprint density at radius 3 is 2.36 bits per heavy atom. The van der Waals surface area contributed by atoms with E-state index < -0.39 is 40.7 Å². The third-order valence-corrected chi connectivity index (χ3v) is 9.72. The molecule has 0 amide bonds. The van der Waals surface area contributed by atoms with Crippen LogP contribution in [0.15, 0.2) is 34.1 Å². The van der Waals surface area contributed by atoms with Crippen LogP contribution in [-0.2, 0) is 29.7 Å². The molecule has 142 valence electrons. The molecule has 0 spiro atoms. The van der Waals surface area contributed by atoms with E-state index in [1.807, 2.05) is 13.8 Å². The maximum Gasteiger partial charge on any atom is 0.240 e. The van der Waals surface area contributed by atoms with Gasteiger partial charge >= 0.3 is 0 Å². The maximum absolute atomic E-state index is 12.6. The molecule has 0 aliphatic carbocycles. The molecule has 1 aliphatic rings. The zero-order valence-electron chi connectivity index (χ0n) is 14.2. The standard InChI is InChI=1S/C15H23NO6S3/c1-12(2)6-8-16-25(21,22)14-5-3-4-13(10-14)24(19,20)15-7-9-23(17,18)11-15/h3-5,10,12,15-16H,6-9,11H2,1-2H3/t15-/m0/s1. The summed E-state index contributed by atoms with van der Waals surface area (Å²) in [5.41, 5.74) is 0. The van der Waals surface area contributed by atoms with Crippen LogP contribution < -0.4 is 4.72 Å². The number of hydrogen-bond acceptors (Lipinski definition) is 6. The Balaban J connectivity index is 2.26. The van der Waals surface area contributed by atoms with Crippen molar-refractivity contribution in [3.63, 3.8) is 0 Å². The van der Waals surface area contributed by atoms with Crippen LogP contribution in [0, 0.1) is 5.92 Å². The van der Waals surface area contributed by atoms with E-state index in [-0.39, 0.29) is 28.5 Å². The Morgan fingerprint density at radius 1 is 1.16 bits per heavy atom. The summed E-state index contributed by atoms with van der Waals surface area (Å²) in [5.74, 6) is -0.247. The lowest BCUT2D eigenvalue weighted by molar-refractivity contribution is 0.551. The van der Waals surface area contributed by atoms with Gasteiger partial charge in [0.05, 0.1) is 26.5 Å². The van der Waals surface area contributed by atoms with E-state index in [1.54, 1.807) is 0 Å². The first-order valence-corrected chi connectivity index (χ1v) is 12.8. The largest absolute Gasteiger partial charge is 0.240 e. The lowest BCUT2D eigenvalue weighted by Crippen LogP contribution is -2.26. The summed E-state index contributed by atoms with van der Waals surface area (Å²) in [5, 5.41) is -1.02. The predicted octanol–water partition coefficient (Wildman–Crippen LogP) is 0.972. The third-order valence-electron chi connectivity index (χ3n) is 4.09. The summed E-state index contributed by atoms with van der Waals surface area (Å²) in [7, 11) is -11.1. The molecule has 1 saturated heterocycles. The van der Waals surface area contributed by atoms with Crippen molar-refractivity contribution in [1.82, 2.24) is 4.72 Å². The van der Waals surface area contributed by atoms with Crippen molar-refractivity contribution < 1.29 is 25.3 Å². The van der Waals surface area contributed by atoms with Crippen molar-refractivity contribution in [2.75, 3.05) is 18.1 Å². The van der Waals surface area contributed by atoms with Crippen LogP contribution in [0.3, 0.4) is 0 Å². The molecule has 7 nitrogen and oxygen atoms in total. The van der Waals surface area contributed by atoms with E-state index in [0.29, 0.717) is 12.3 Å². The zero-order valence-corrected chi connectivity index (χ0v) is 16.6. The van der Waals surface area contributed by atoms with Gasteiger partial charge in [0.2, 0.25) is 10.0 Å². The molecule has 0 saturated carbocycles. The second kappa shape index (κ2) is 7.34. The van der Waals surface area contributed by atoms with Gasteiger partial charge in [0, 0.05) is 6.54 Å². The highest BCUT2D eigenvalue weighted by molar-refractivity contribution is 7.96. The second-order valence-electron chi connectivity index (χ2n) is 6.63. The molecular weight excluding hydrogens is 386 g/mol. The van der Waals surface area contributed by atoms with Crippen molar-refractivity contribution in [2.45, 2.75) is 41.7 Å². The van der Waals surface area contributed by atoms with Crippen molar-refractivity contribution in [1.29, 1.82) is 0 Å². The monoisotopic (exact) mass is 409 g/mol. The van der Waals surface area contributed by atoms with E-state index in [9.17, 15) is 25.3 Å². The van der Waals surface area contributed by atoms with Crippen LogP contribution in [0.5, 0.6) is 0 Å². The Hall–Kier alpha value is -0.970. The highest BCUT2D eigenvalue weighted by Gasteiger charge is 2.38. The minimum absolute atomic E-state index is 0.0360. The predicted molar refractivity (Wildman–Crippen MR) is 95.3 cm³/mol. The molecule has 1 aromatic carbocycles. The third kappa shape index (κ3) is 5.02. The fourth-order valence-corrected chi connectivity index (χ4v) is 8.15. The molecule has 1 aromatic rings. The van der Waals surface area contributed by atoms with Crippen LogP contribution >= 0.6 is 0 Å². The zero-order chi connectivity index (χ0) is 18.9. The van der Waals surface area contributed by atoms with Gasteiger partial charge in [-0.1, -0.05) is 19.9 Å². The van der Waals surface area contributed by atoms with E-state index in [1.165, 1.54) is 18.2 Å². The maximum atomic E-state index is 12.6. The first-order chi connectivity index (χ1) is 11.4. The molecule has 0 unspecified atom stereocenters. The summed E-state index contributed by atoms with van der Waals surface area (Å²) in [6.07, 6.45) is 0.700. The number of nitrogens with one attached hydrogen (secondary N) is 1. The highest BCUT2D eigenvalue weighted by Crippen LogP contribution is 2.26. The number of rotatable bonds is 7. The number of sulfone groups is 2. The average Bonchev–Trinajstić information content (AvgIpc) is 2.88. The number of sulfonamides is 1. The average molecular weight is 410 g/mol. The first-order valence-electron chi connectivity index (χ1n) is 7.98. The molecule has 0 aromatic heterocycles. The summed E-state index contributed by atoms with van der Waals surface area (Å²) >= 11 is 0. The first kappa shape index (κ1) is 20.3. The molecule has 25 heavy (non-hydrogen) atoms. The van der Waals surface area contributed by atoms with Gasteiger partial charge in [-0.2, -0.15) is 0 Å². The van der Waals surface area contributed by atoms with Crippen molar-refractivity contribution >= 4 is 29.7 Å². The van der Waals surface area contributed by atoms with Gasteiger partial charge in [0.1, 0.15) is 0 Å². The van der Waals surface area contributed by atoms with Crippen molar-refractivity contribution in [3.8, 4) is 0 Å². The summed E-state index contributed by atoms with van der Waals surface area (Å²) in [6.45, 7) is 4.20. The van der Waals surface area contributed by atoms with Gasteiger partial charge in [0.25, 0.3) is 0 Å². The number of hydrogen-bond donors (Lipinski definition) is 1. The lowest BCUT2D eigenvalue weighted by Gasteiger charge is -2.12. The van der Waals surface area contributed by atoms with Crippen LogP contribution in [0.25, 0.3) is 0 Å². The molecule has 0 radical (unpaired) electrons. The summed E-state index contributed by atoms with van der Waals surface area (Å²) in [4.78, 5) is -0.306. The van der Waals surface area contributed by atoms with Crippen LogP contribution in [-0.4, -0.2) is 48.6 Å². The van der Waals surface area contributed by atoms with Crippen molar-refractivity contribution in [2.24, 2.45) is 5.92 Å². The molecule has 1 N–H and O–H groups in total. The van der Waals surface area contributed by atoms with Gasteiger partial charge in [0.15, 0.2) is 19.7 Å². The molecular formula is C15H23NO6S3. The minimum Gasteiger partial charge on any atom is -0.229 e. The van der Waals surface area contributed by atoms with Gasteiger partial charge in [-0.15, -0.1) is 0 Å². The normalized spacial score (nSPS) is 20.8. The van der Waals surface area contributed by atoms with Gasteiger partial charge in [-0.05, 0) is 37.0 Å². The molecule has 1 aliphatic heterocycles. The minimum atomic E-state index is -3.90. The molecule has 0 bridgehead atoms. The Morgan fingerprint density at radius 2 is 1.80 bits per heavy atom. The quantitative estimate of drug-likeness (QED) is 0.718. The molecule has 1 atom stereocenters. The smallest absolute Gasteiger partial charge is 0.229 e. The van der Waals surface area contributed by atoms with E-state index in [4.69, 9.17) is 0 Å². The Labute approximate surface area is 149 Å². The topological polar surface area (TPSA) is 114 Å². The Bertz CT molecular complexity index is 933. The van der Waals surface area contributed by atoms with Gasteiger partial charge in [-0.25, -0.2) is 30.0 Å². The fourth-order valence-electron chi connectivity index (χ4n) is 2.58. The van der Waals surface area contributed by atoms with E-state index in [2.05, 4.69) is 4.72 Å². The van der Waals surface area contributed by atoms with Crippen LogP contribution in [0.2, 0.25) is 0 Å². The second-order valence-corrected chi connectivity index (χ2v) is 12.8. The van der Waals surface area contributed by atoms with Gasteiger partial charge in [-0.3, -0.25) is 0 Å². The number of benzene rings is 1. The molecule has 2 rings (SSSR count). The van der Waals surface area contributed by atoms with Crippen molar-refractivity contribution in [3.05, 3.63) is 24.3 Å². The van der Waals surface area contributed by atoms with Gasteiger partial charge < -0.3 is 0 Å². The van der Waals surface area contributed by atoms with E-state index in [0.717, 1.165) is 6.07 Å². The molecule has 1 heterocycles.